The molecule has 92 valence electrons. The zero-order valence-electron chi connectivity index (χ0n) is 10.2. The van der Waals surface area contributed by atoms with Crippen molar-refractivity contribution in [1.82, 2.24) is 14.9 Å². The first-order chi connectivity index (χ1) is 8.19. The average Bonchev–Trinajstić information content (AvgIpc) is 2.86. The van der Waals surface area contributed by atoms with E-state index in [0.29, 0.717) is 0 Å². The Morgan fingerprint density at radius 2 is 1.88 bits per heavy atom. The molecule has 0 saturated carbocycles. The topological polar surface area (TPSA) is 41.1 Å². The van der Waals surface area contributed by atoms with Crippen LogP contribution in [0, 0.1) is 0 Å². The van der Waals surface area contributed by atoms with Crippen LogP contribution in [0.3, 0.4) is 0 Å². The Bertz CT molecular complexity index is 475. The highest BCUT2D eigenvalue weighted by Crippen LogP contribution is 2.26. The molecule has 0 aliphatic heterocycles. The maximum atomic E-state index is 4.59. The number of thiazole rings is 2. The monoisotopic (exact) mass is 268 g/mol. The van der Waals surface area contributed by atoms with E-state index >= 15 is 0 Å². The highest BCUT2D eigenvalue weighted by molar-refractivity contribution is 7.14. The van der Waals surface area contributed by atoms with E-state index in [4.69, 9.17) is 0 Å². The van der Waals surface area contributed by atoms with Crippen LogP contribution in [0.4, 0.5) is 5.13 Å². The van der Waals surface area contributed by atoms with Gasteiger partial charge in [0.05, 0.1) is 0 Å². The van der Waals surface area contributed by atoms with Crippen molar-refractivity contribution < 1.29 is 0 Å². The number of nitrogens with zero attached hydrogens (tertiary/aromatic N) is 3. The fourth-order valence-corrected chi connectivity index (χ4v) is 3.08. The number of nitrogens with one attached hydrogen (secondary N) is 1. The first-order valence-electron chi connectivity index (χ1n) is 5.48. The van der Waals surface area contributed by atoms with Crippen LogP contribution in [-0.4, -0.2) is 35.5 Å². The molecule has 0 fully saturated rings. The van der Waals surface area contributed by atoms with Crippen molar-refractivity contribution in [2.24, 2.45) is 0 Å². The van der Waals surface area contributed by atoms with Crippen LogP contribution in [0.2, 0.25) is 0 Å². The lowest BCUT2D eigenvalue weighted by molar-refractivity contribution is 0.402. The van der Waals surface area contributed by atoms with Gasteiger partial charge >= 0.3 is 0 Å². The SMILES string of the molecule is CCNc1nc(-c2csc(CN(C)C)n2)cs1. The van der Waals surface area contributed by atoms with Gasteiger partial charge in [-0.3, -0.25) is 0 Å². The molecule has 0 saturated heterocycles. The molecule has 0 atom stereocenters. The molecule has 0 aliphatic rings. The third-order valence-electron chi connectivity index (χ3n) is 2.10. The van der Waals surface area contributed by atoms with Crippen LogP contribution in [0.25, 0.3) is 11.4 Å². The number of aromatic nitrogens is 2. The van der Waals surface area contributed by atoms with Gasteiger partial charge in [-0.05, 0) is 21.0 Å². The van der Waals surface area contributed by atoms with Crippen LogP contribution in [0.5, 0.6) is 0 Å². The molecule has 2 aromatic rings. The number of anilines is 1. The van der Waals surface area contributed by atoms with E-state index in [9.17, 15) is 0 Å². The highest BCUT2D eigenvalue weighted by Gasteiger charge is 2.08. The molecule has 4 nitrogen and oxygen atoms in total. The van der Waals surface area contributed by atoms with Crippen LogP contribution < -0.4 is 5.32 Å². The molecule has 0 spiro atoms. The van der Waals surface area contributed by atoms with Gasteiger partial charge < -0.3 is 10.2 Å². The van der Waals surface area contributed by atoms with Crippen molar-refractivity contribution in [1.29, 1.82) is 0 Å². The molecular formula is C11H16N4S2. The third-order valence-corrected chi connectivity index (χ3v) is 3.73. The predicted molar refractivity (Wildman–Crippen MR) is 74.8 cm³/mol. The number of hydrogen-bond acceptors (Lipinski definition) is 6. The fourth-order valence-electron chi connectivity index (χ4n) is 1.40. The quantitative estimate of drug-likeness (QED) is 0.905. The lowest BCUT2D eigenvalue weighted by atomic mass is 10.4. The summed E-state index contributed by atoms with van der Waals surface area (Å²) in [5.74, 6) is 0. The van der Waals surface area contributed by atoms with Gasteiger partial charge in [0.25, 0.3) is 0 Å². The lowest BCUT2D eigenvalue weighted by Gasteiger charge is -2.04. The molecule has 1 N–H and O–H groups in total. The molecule has 0 bridgehead atoms. The van der Waals surface area contributed by atoms with Crippen molar-refractivity contribution >= 4 is 27.8 Å². The van der Waals surface area contributed by atoms with Gasteiger partial charge in [-0.25, -0.2) is 9.97 Å². The van der Waals surface area contributed by atoms with Crippen LogP contribution in [0.1, 0.15) is 11.9 Å². The molecule has 0 aliphatic carbocycles. The van der Waals surface area contributed by atoms with Gasteiger partial charge in [-0.1, -0.05) is 0 Å². The average molecular weight is 268 g/mol. The van der Waals surface area contributed by atoms with Crippen LogP contribution >= 0.6 is 22.7 Å². The summed E-state index contributed by atoms with van der Waals surface area (Å²) in [6, 6.07) is 0. The van der Waals surface area contributed by atoms with E-state index in [-0.39, 0.29) is 0 Å². The Morgan fingerprint density at radius 3 is 2.59 bits per heavy atom. The Kier molecular flexibility index (Phi) is 4.09. The van der Waals surface area contributed by atoms with E-state index in [0.717, 1.165) is 34.6 Å². The molecule has 0 unspecified atom stereocenters. The zero-order chi connectivity index (χ0) is 12.3. The largest absolute Gasteiger partial charge is 0.362 e. The molecule has 2 aromatic heterocycles. The smallest absolute Gasteiger partial charge is 0.183 e. The maximum absolute atomic E-state index is 4.59. The van der Waals surface area contributed by atoms with E-state index in [1.165, 1.54) is 0 Å². The summed E-state index contributed by atoms with van der Waals surface area (Å²) in [6.07, 6.45) is 0. The summed E-state index contributed by atoms with van der Waals surface area (Å²) in [6.45, 7) is 3.85. The Labute approximate surface area is 109 Å². The minimum absolute atomic E-state index is 0.884. The van der Waals surface area contributed by atoms with Crippen molar-refractivity contribution in [2.45, 2.75) is 13.5 Å². The Morgan fingerprint density at radius 1 is 1.18 bits per heavy atom. The van der Waals surface area contributed by atoms with Gasteiger partial charge in [0.1, 0.15) is 16.4 Å². The fraction of sp³-hybridized carbons (Fsp3) is 0.455. The normalized spacial score (nSPS) is 11.1. The van der Waals surface area contributed by atoms with Crippen molar-refractivity contribution in [2.75, 3.05) is 26.0 Å². The second-order valence-electron chi connectivity index (χ2n) is 3.93. The summed E-state index contributed by atoms with van der Waals surface area (Å²) < 4.78 is 0. The van der Waals surface area contributed by atoms with E-state index in [2.05, 4.69) is 32.5 Å². The lowest BCUT2D eigenvalue weighted by Crippen LogP contribution is -2.10. The number of hydrogen-bond donors (Lipinski definition) is 1. The Hall–Kier alpha value is -0.980. The summed E-state index contributed by atoms with van der Waals surface area (Å²) in [5.41, 5.74) is 1.94. The first-order valence-corrected chi connectivity index (χ1v) is 7.24. The van der Waals surface area contributed by atoms with Gasteiger partial charge in [-0.15, -0.1) is 22.7 Å². The second kappa shape index (κ2) is 5.57. The van der Waals surface area contributed by atoms with Gasteiger partial charge in [-0.2, -0.15) is 0 Å². The summed E-state index contributed by atoms with van der Waals surface area (Å²) >= 11 is 3.31. The number of rotatable bonds is 5. The zero-order valence-corrected chi connectivity index (χ0v) is 11.9. The second-order valence-corrected chi connectivity index (χ2v) is 5.73. The maximum Gasteiger partial charge on any atom is 0.183 e. The van der Waals surface area contributed by atoms with Crippen LogP contribution in [0.15, 0.2) is 10.8 Å². The van der Waals surface area contributed by atoms with Crippen molar-refractivity contribution in [3.63, 3.8) is 0 Å². The van der Waals surface area contributed by atoms with E-state index < -0.39 is 0 Å². The van der Waals surface area contributed by atoms with Gasteiger partial charge in [0, 0.05) is 23.8 Å². The first kappa shape index (κ1) is 12.5. The minimum Gasteiger partial charge on any atom is -0.362 e. The van der Waals surface area contributed by atoms with Gasteiger partial charge in [0.15, 0.2) is 5.13 Å². The molecule has 6 heteroatoms. The minimum atomic E-state index is 0.884. The van der Waals surface area contributed by atoms with Crippen molar-refractivity contribution in [3.8, 4) is 11.4 Å². The molecule has 0 aromatic carbocycles. The molecule has 0 amide bonds. The standard InChI is InChI=1S/C11H16N4S2/c1-4-12-11-14-9(7-17-11)8-6-16-10(13-8)5-15(2)3/h6-7H,4-5H2,1-3H3,(H,12,14). The summed E-state index contributed by atoms with van der Waals surface area (Å²) in [5, 5.41) is 9.42. The molecule has 0 radical (unpaired) electrons. The summed E-state index contributed by atoms with van der Waals surface area (Å²) in [7, 11) is 4.10. The molecule has 17 heavy (non-hydrogen) atoms. The molecular weight excluding hydrogens is 252 g/mol. The van der Waals surface area contributed by atoms with Crippen LogP contribution in [-0.2, 0) is 6.54 Å². The molecule has 2 rings (SSSR count). The van der Waals surface area contributed by atoms with Crippen molar-refractivity contribution in [3.05, 3.63) is 15.8 Å². The predicted octanol–water partition coefficient (Wildman–Crippen LogP) is 2.76. The van der Waals surface area contributed by atoms with Gasteiger partial charge in [0.2, 0.25) is 0 Å². The van der Waals surface area contributed by atoms with E-state index in [1.807, 2.05) is 19.5 Å². The Balaban J connectivity index is 2.12. The molecule has 2 heterocycles. The third kappa shape index (κ3) is 3.24. The summed E-state index contributed by atoms with van der Waals surface area (Å²) in [4.78, 5) is 11.2. The van der Waals surface area contributed by atoms with E-state index in [1.54, 1.807) is 22.7 Å². The highest BCUT2D eigenvalue weighted by atomic mass is 32.1.